The first kappa shape index (κ1) is 15.4. The van der Waals surface area contributed by atoms with E-state index in [0.717, 1.165) is 12.1 Å². The van der Waals surface area contributed by atoms with E-state index in [9.17, 15) is 4.79 Å². The molecule has 2 aromatic heterocycles. The van der Waals surface area contributed by atoms with Crippen LogP contribution in [0.25, 0.3) is 0 Å². The van der Waals surface area contributed by atoms with E-state index in [-0.39, 0.29) is 18.0 Å². The SMILES string of the molecule is Cc1noc(CNC(=O)Nc2nc(CC(C)(C)C)cs2)n1. The molecule has 0 aliphatic rings. The van der Waals surface area contributed by atoms with Crippen molar-refractivity contribution in [1.82, 2.24) is 20.4 Å². The first-order chi connectivity index (χ1) is 9.82. The molecule has 0 saturated carbocycles. The quantitative estimate of drug-likeness (QED) is 0.906. The third-order valence-corrected chi connectivity index (χ3v) is 3.26. The summed E-state index contributed by atoms with van der Waals surface area (Å²) >= 11 is 1.41. The van der Waals surface area contributed by atoms with Crippen molar-refractivity contribution in [2.24, 2.45) is 5.41 Å². The van der Waals surface area contributed by atoms with Crippen LogP contribution in [0.5, 0.6) is 0 Å². The average Bonchev–Trinajstić information content (AvgIpc) is 2.94. The Kier molecular flexibility index (Phi) is 4.56. The highest BCUT2D eigenvalue weighted by Crippen LogP contribution is 2.23. The normalized spacial score (nSPS) is 11.4. The van der Waals surface area contributed by atoms with Crippen LogP contribution in [0.2, 0.25) is 0 Å². The smallest absolute Gasteiger partial charge is 0.321 e. The molecule has 2 rings (SSSR count). The van der Waals surface area contributed by atoms with Gasteiger partial charge in [-0.1, -0.05) is 25.9 Å². The van der Waals surface area contributed by atoms with Gasteiger partial charge in [-0.25, -0.2) is 9.78 Å². The molecule has 2 N–H and O–H groups in total. The van der Waals surface area contributed by atoms with Crippen molar-refractivity contribution >= 4 is 22.5 Å². The highest BCUT2D eigenvalue weighted by Gasteiger charge is 2.14. The molecule has 2 amide bonds. The number of rotatable bonds is 4. The molecule has 0 atom stereocenters. The Balaban J connectivity index is 1.82. The Bertz CT molecular complexity index is 614. The molecular weight excluding hydrogens is 290 g/mol. The summed E-state index contributed by atoms with van der Waals surface area (Å²) in [5.41, 5.74) is 1.15. The number of carbonyl (C=O) groups excluding carboxylic acids is 1. The Morgan fingerprint density at radius 3 is 2.76 bits per heavy atom. The van der Waals surface area contributed by atoms with Crippen molar-refractivity contribution in [1.29, 1.82) is 0 Å². The Morgan fingerprint density at radius 2 is 2.14 bits per heavy atom. The summed E-state index contributed by atoms with van der Waals surface area (Å²) in [7, 11) is 0. The predicted molar refractivity (Wildman–Crippen MR) is 80.2 cm³/mol. The van der Waals surface area contributed by atoms with Gasteiger partial charge in [0, 0.05) is 5.38 Å². The third kappa shape index (κ3) is 5.14. The number of hydrogen-bond donors (Lipinski definition) is 2. The van der Waals surface area contributed by atoms with E-state index in [2.05, 4.69) is 46.5 Å². The molecule has 0 fully saturated rings. The lowest BCUT2D eigenvalue weighted by molar-refractivity contribution is 0.249. The van der Waals surface area contributed by atoms with Crippen LogP contribution in [0, 0.1) is 12.3 Å². The number of aryl methyl sites for hydroxylation is 1. The maximum atomic E-state index is 11.7. The Hall–Kier alpha value is -1.96. The van der Waals surface area contributed by atoms with Gasteiger partial charge >= 0.3 is 6.03 Å². The molecule has 0 unspecified atom stereocenters. The summed E-state index contributed by atoms with van der Waals surface area (Å²) < 4.78 is 4.91. The van der Waals surface area contributed by atoms with Crippen LogP contribution in [0.1, 0.15) is 38.2 Å². The first-order valence-electron chi connectivity index (χ1n) is 6.60. The topological polar surface area (TPSA) is 92.9 Å². The Morgan fingerprint density at radius 1 is 1.38 bits per heavy atom. The number of thiazole rings is 1. The largest absolute Gasteiger partial charge is 0.337 e. The molecule has 7 nitrogen and oxygen atoms in total. The van der Waals surface area contributed by atoms with Gasteiger partial charge in [0.2, 0.25) is 5.89 Å². The summed E-state index contributed by atoms with van der Waals surface area (Å²) in [4.78, 5) is 20.1. The lowest BCUT2D eigenvalue weighted by atomic mass is 9.91. The molecule has 21 heavy (non-hydrogen) atoms. The van der Waals surface area contributed by atoms with Crippen molar-refractivity contribution in [3.05, 3.63) is 22.8 Å². The van der Waals surface area contributed by atoms with Gasteiger partial charge in [-0.15, -0.1) is 11.3 Å². The summed E-state index contributed by atoms with van der Waals surface area (Å²) in [6, 6.07) is -0.345. The van der Waals surface area contributed by atoms with Crippen LogP contribution < -0.4 is 10.6 Å². The predicted octanol–water partition coefficient (Wildman–Crippen LogP) is 2.74. The van der Waals surface area contributed by atoms with Crippen LogP contribution in [0.15, 0.2) is 9.90 Å². The second-order valence-electron chi connectivity index (χ2n) is 5.92. The zero-order valence-corrected chi connectivity index (χ0v) is 13.4. The van der Waals surface area contributed by atoms with Crippen molar-refractivity contribution < 1.29 is 9.32 Å². The molecular formula is C13H19N5O2S. The zero-order chi connectivity index (χ0) is 15.5. The van der Waals surface area contributed by atoms with E-state index >= 15 is 0 Å². The van der Waals surface area contributed by atoms with E-state index in [4.69, 9.17) is 4.52 Å². The number of hydrogen-bond acceptors (Lipinski definition) is 6. The van der Waals surface area contributed by atoms with Crippen LogP contribution in [0.3, 0.4) is 0 Å². The highest BCUT2D eigenvalue weighted by atomic mass is 32.1. The monoisotopic (exact) mass is 309 g/mol. The summed E-state index contributed by atoms with van der Waals surface area (Å²) in [6.45, 7) is 8.36. The summed E-state index contributed by atoms with van der Waals surface area (Å²) in [6.07, 6.45) is 0.869. The minimum absolute atomic E-state index is 0.170. The van der Waals surface area contributed by atoms with E-state index in [1.165, 1.54) is 11.3 Å². The zero-order valence-electron chi connectivity index (χ0n) is 12.6. The summed E-state index contributed by atoms with van der Waals surface area (Å²) in [5, 5.41) is 11.5. The number of nitrogens with zero attached hydrogens (tertiary/aromatic N) is 3. The average molecular weight is 309 g/mol. The number of carbonyl (C=O) groups is 1. The molecule has 0 aliphatic heterocycles. The molecule has 0 saturated heterocycles. The van der Waals surface area contributed by atoms with Gasteiger partial charge in [0.05, 0.1) is 12.2 Å². The van der Waals surface area contributed by atoms with Gasteiger partial charge < -0.3 is 9.84 Å². The fourth-order valence-corrected chi connectivity index (χ4v) is 2.40. The maximum Gasteiger partial charge on any atom is 0.321 e. The molecule has 0 aromatic carbocycles. The third-order valence-electron chi connectivity index (χ3n) is 2.45. The lowest BCUT2D eigenvalue weighted by Crippen LogP contribution is -2.28. The molecule has 8 heteroatoms. The standard InChI is InChI=1S/C13H19N5O2S/c1-8-15-10(20-18-8)6-14-11(19)17-12-16-9(7-21-12)5-13(2,3)4/h7H,5-6H2,1-4H3,(H2,14,16,17,19). The van der Waals surface area contributed by atoms with Gasteiger partial charge in [-0.05, 0) is 18.8 Å². The first-order valence-corrected chi connectivity index (χ1v) is 7.48. The second-order valence-corrected chi connectivity index (χ2v) is 6.78. The lowest BCUT2D eigenvalue weighted by Gasteiger charge is -2.15. The molecule has 0 spiro atoms. The Labute approximate surface area is 127 Å². The molecule has 2 heterocycles. The fraction of sp³-hybridized carbons (Fsp3) is 0.538. The molecule has 0 radical (unpaired) electrons. The molecule has 0 bridgehead atoms. The van der Waals surface area contributed by atoms with Crippen LogP contribution in [-0.4, -0.2) is 21.2 Å². The number of anilines is 1. The molecule has 114 valence electrons. The van der Waals surface area contributed by atoms with Crippen molar-refractivity contribution in [3.8, 4) is 0 Å². The van der Waals surface area contributed by atoms with Crippen LogP contribution in [0.4, 0.5) is 9.93 Å². The van der Waals surface area contributed by atoms with Gasteiger partial charge in [0.25, 0.3) is 0 Å². The van der Waals surface area contributed by atoms with Gasteiger partial charge in [0.1, 0.15) is 0 Å². The van der Waals surface area contributed by atoms with Crippen molar-refractivity contribution in [3.63, 3.8) is 0 Å². The number of nitrogens with one attached hydrogen (secondary N) is 2. The van der Waals surface area contributed by atoms with E-state index in [1.54, 1.807) is 6.92 Å². The van der Waals surface area contributed by atoms with Crippen molar-refractivity contribution in [2.75, 3.05) is 5.32 Å². The minimum atomic E-state index is -0.345. The van der Waals surface area contributed by atoms with Crippen molar-refractivity contribution in [2.45, 2.75) is 40.7 Å². The van der Waals surface area contributed by atoms with Crippen LogP contribution in [-0.2, 0) is 13.0 Å². The number of amides is 2. The van der Waals surface area contributed by atoms with Gasteiger partial charge in [0.15, 0.2) is 11.0 Å². The number of aromatic nitrogens is 3. The second kappa shape index (κ2) is 6.21. The molecule has 2 aromatic rings. The van der Waals surface area contributed by atoms with Gasteiger partial charge in [-0.3, -0.25) is 5.32 Å². The van der Waals surface area contributed by atoms with Gasteiger partial charge in [-0.2, -0.15) is 4.98 Å². The molecule has 0 aliphatic carbocycles. The van der Waals surface area contributed by atoms with E-state index in [0.29, 0.717) is 16.8 Å². The highest BCUT2D eigenvalue weighted by molar-refractivity contribution is 7.13. The van der Waals surface area contributed by atoms with Crippen LogP contribution >= 0.6 is 11.3 Å². The van der Waals surface area contributed by atoms with E-state index < -0.39 is 0 Å². The van der Waals surface area contributed by atoms with E-state index in [1.807, 2.05) is 5.38 Å². The maximum absolute atomic E-state index is 11.7. The number of urea groups is 1. The fourth-order valence-electron chi connectivity index (χ4n) is 1.70. The minimum Gasteiger partial charge on any atom is -0.337 e. The summed E-state index contributed by atoms with van der Waals surface area (Å²) in [5.74, 6) is 0.911.